The number of ether oxygens (including phenoxy) is 1. The molecule has 2 saturated heterocycles. The molecule has 0 bridgehead atoms. The Morgan fingerprint density at radius 1 is 0.833 bits per heavy atom. The van der Waals surface area contributed by atoms with Crippen LogP contribution in [0.25, 0.3) is 22.2 Å². The summed E-state index contributed by atoms with van der Waals surface area (Å²) in [6.07, 6.45) is 0.893. The lowest BCUT2D eigenvalue weighted by Crippen LogP contribution is -2.49. The highest BCUT2D eigenvalue weighted by atomic mass is 16.5. The van der Waals surface area contributed by atoms with Gasteiger partial charge < -0.3 is 23.9 Å². The van der Waals surface area contributed by atoms with Crippen LogP contribution in [0.5, 0.6) is 0 Å². The van der Waals surface area contributed by atoms with Crippen LogP contribution in [-0.4, -0.2) is 73.3 Å². The SMILES string of the molecule is O=C(N1CCOCC1)N1CCCN(c2nc3cc(-c4ccccc4)ccc3o2)CC1. The first-order chi connectivity index (χ1) is 14.8. The molecule has 5 rings (SSSR count). The highest BCUT2D eigenvalue weighted by molar-refractivity contribution is 5.81. The van der Waals surface area contributed by atoms with E-state index >= 15 is 0 Å². The Morgan fingerprint density at radius 2 is 1.63 bits per heavy atom. The van der Waals surface area contributed by atoms with Gasteiger partial charge in [-0.1, -0.05) is 36.4 Å². The normalized spacial score (nSPS) is 17.9. The van der Waals surface area contributed by atoms with Crippen molar-refractivity contribution < 1.29 is 13.9 Å². The molecule has 2 aliphatic rings. The largest absolute Gasteiger partial charge is 0.423 e. The minimum atomic E-state index is 0.116. The zero-order valence-electron chi connectivity index (χ0n) is 17.0. The fourth-order valence-electron chi connectivity index (χ4n) is 4.12. The van der Waals surface area contributed by atoms with E-state index in [1.807, 2.05) is 34.1 Å². The molecule has 2 aromatic carbocycles. The second-order valence-corrected chi connectivity index (χ2v) is 7.75. The summed E-state index contributed by atoms with van der Waals surface area (Å²) >= 11 is 0. The summed E-state index contributed by atoms with van der Waals surface area (Å²) in [6.45, 7) is 5.57. The van der Waals surface area contributed by atoms with E-state index in [2.05, 4.69) is 29.2 Å². The first-order valence-electron chi connectivity index (χ1n) is 10.6. The van der Waals surface area contributed by atoms with E-state index in [-0.39, 0.29) is 6.03 Å². The third-order valence-corrected chi connectivity index (χ3v) is 5.80. The molecule has 3 heterocycles. The van der Waals surface area contributed by atoms with Gasteiger partial charge in [0, 0.05) is 39.3 Å². The van der Waals surface area contributed by atoms with Gasteiger partial charge in [0.25, 0.3) is 6.01 Å². The molecule has 0 radical (unpaired) electrons. The standard InChI is InChI=1S/C23H26N4O3/c28-23(27-13-15-29-16-14-27)26-10-4-9-25(11-12-26)22-24-20-17-19(7-8-21(20)30-22)18-5-2-1-3-6-18/h1-3,5-8,17H,4,9-16H2. The molecular formula is C23H26N4O3. The Morgan fingerprint density at radius 3 is 2.47 bits per heavy atom. The molecule has 0 aliphatic carbocycles. The number of oxazole rings is 1. The van der Waals surface area contributed by atoms with Gasteiger partial charge in [-0.15, -0.1) is 0 Å². The maximum atomic E-state index is 12.8. The summed E-state index contributed by atoms with van der Waals surface area (Å²) in [6, 6.07) is 17.2. The molecule has 7 nitrogen and oxygen atoms in total. The predicted molar refractivity (Wildman–Crippen MR) is 116 cm³/mol. The molecule has 0 spiro atoms. The number of morpholine rings is 1. The van der Waals surface area contributed by atoms with Crippen molar-refractivity contribution in [2.75, 3.05) is 57.4 Å². The van der Waals surface area contributed by atoms with Crippen LogP contribution in [0.1, 0.15) is 6.42 Å². The first-order valence-corrected chi connectivity index (χ1v) is 10.6. The molecule has 156 valence electrons. The maximum absolute atomic E-state index is 12.8. The molecule has 0 saturated carbocycles. The number of hydrogen-bond acceptors (Lipinski definition) is 5. The second kappa shape index (κ2) is 8.36. The van der Waals surface area contributed by atoms with Crippen LogP contribution in [0, 0.1) is 0 Å². The molecule has 2 amide bonds. The van der Waals surface area contributed by atoms with E-state index in [1.54, 1.807) is 0 Å². The van der Waals surface area contributed by atoms with E-state index in [1.165, 1.54) is 0 Å². The Labute approximate surface area is 175 Å². The highest BCUT2D eigenvalue weighted by Crippen LogP contribution is 2.28. The monoisotopic (exact) mass is 406 g/mol. The maximum Gasteiger partial charge on any atom is 0.320 e. The van der Waals surface area contributed by atoms with Gasteiger partial charge >= 0.3 is 6.03 Å². The van der Waals surface area contributed by atoms with Crippen molar-refractivity contribution in [3.05, 3.63) is 48.5 Å². The van der Waals surface area contributed by atoms with Crippen molar-refractivity contribution in [3.8, 4) is 11.1 Å². The molecule has 7 heteroatoms. The van der Waals surface area contributed by atoms with Crippen molar-refractivity contribution >= 4 is 23.1 Å². The summed E-state index contributed by atoms with van der Waals surface area (Å²) in [7, 11) is 0. The van der Waals surface area contributed by atoms with Gasteiger partial charge in [-0.05, 0) is 29.7 Å². The van der Waals surface area contributed by atoms with Gasteiger partial charge in [0.2, 0.25) is 0 Å². The van der Waals surface area contributed by atoms with E-state index < -0.39 is 0 Å². The molecule has 1 aromatic heterocycles. The molecular weight excluding hydrogens is 380 g/mol. The molecule has 2 fully saturated rings. The minimum Gasteiger partial charge on any atom is -0.423 e. The topological polar surface area (TPSA) is 62.1 Å². The van der Waals surface area contributed by atoms with Crippen molar-refractivity contribution in [2.24, 2.45) is 0 Å². The summed E-state index contributed by atoms with van der Waals surface area (Å²) in [5.41, 5.74) is 3.93. The zero-order valence-corrected chi connectivity index (χ0v) is 17.0. The fourth-order valence-corrected chi connectivity index (χ4v) is 4.12. The second-order valence-electron chi connectivity index (χ2n) is 7.75. The van der Waals surface area contributed by atoms with Crippen LogP contribution in [0.2, 0.25) is 0 Å². The summed E-state index contributed by atoms with van der Waals surface area (Å²) in [5.74, 6) is 0. The van der Waals surface area contributed by atoms with Crippen molar-refractivity contribution in [1.82, 2.24) is 14.8 Å². The average Bonchev–Trinajstić information content (AvgIpc) is 3.08. The molecule has 30 heavy (non-hydrogen) atoms. The van der Waals surface area contributed by atoms with Crippen LogP contribution in [0.4, 0.5) is 10.8 Å². The number of aromatic nitrogens is 1. The van der Waals surface area contributed by atoms with E-state index in [4.69, 9.17) is 14.1 Å². The third-order valence-electron chi connectivity index (χ3n) is 5.80. The Hall–Kier alpha value is -3.06. The van der Waals surface area contributed by atoms with E-state index in [0.29, 0.717) is 45.4 Å². The molecule has 0 N–H and O–H groups in total. The lowest BCUT2D eigenvalue weighted by molar-refractivity contribution is 0.0438. The van der Waals surface area contributed by atoms with Crippen molar-refractivity contribution in [3.63, 3.8) is 0 Å². The first kappa shape index (κ1) is 18.9. The number of amides is 2. The van der Waals surface area contributed by atoms with Gasteiger partial charge in [-0.3, -0.25) is 0 Å². The third kappa shape index (κ3) is 3.85. The van der Waals surface area contributed by atoms with Crippen molar-refractivity contribution in [2.45, 2.75) is 6.42 Å². The van der Waals surface area contributed by atoms with Crippen LogP contribution in [0.15, 0.2) is 52.9 Å². The Balaban J connectivity index is 1.30. The highest BCUT2D eigenvalue weighted by Gasteiger charge is 2.26. The van der Waals surface area contributed by atoms with Crippen LogP contribution in [-0.2, 0) is 4.74 Å². The number of hydrogen-bond donors (Lipinski definition) is 0. The number of rotatable bonds is 2. The number of fused-ring (bicyclic) bond motifs is 1. The van der Waals surface area contributed by atoms with Gasteiger partial charge in [0.1, 0.15) is 5.52 Å². The summed E-state index contributed by atoms with van der Waals surface area (Å²) < 4.78 is 11.4. The van der Waals surface area contributed by atoms with Crippen molar-refractivity contribution in [1.29, 1.82) is 0 Å². The number of carbonyl (C=O) groups is 1. The summed E-state index contributed by atoms with van der Waals surface area (Å²) in [4.78, 5) is 23.5. The number of carbonyl (C=O) groups excluding carboxylic acids is 1. The van der Waals surface area contributed by atoms with Crippen LogP contribution in [0.3, 0.4) is 0 Å². The van der Waals surface area contributed by atoms with Gasteiger partial charge in [-0.2, -0.15) is 4.98 Å². The van der Waals surface area contributed by atoms with Crippen LogP contribution >= 0.6 is 0 Å². The average molecular weight is 406 g/mol. The van der Waals surface area contributed by atoms with Gasteiger partial charge in [0.05, 0.1) is 13.2 Å². The zero-order chi connectivity index (χ0) is 20.3. The molecule has 2 aliphatic heterocycles. The Kier molecular flexibility index (Phi) is 5.27. The Bertz CT molecular complexity index is 1010. The van der Waals surface area contributed by atoms with E-state index in [0.717, 1.165) is 41.7 Å². The van der Waals surface area contributed by atoms with Gasteiger partial charge in [0.15, 0.2) is 5.58 Å². The summed E-state index contributed by atoms with van der Waals surface area (Å²) in [5, 5.41) is 0. The number of nitrogens with zero attached hydrogens (tertiary/aromatic N) is 4. The van der Waals surface area contributed by atoms with Gasteiger partial charge in [-0.25, -0.2) is 4.79 Å². The molecule has 0 atom stereocenters. The minimum absolute atomic E-state index is 0.116. The number of urea groups is 1. The number of benzene rings is 2. The smallest absolute Gasteiger partial charge is 0.320 e. The van der Waals surface area contributed by atoms with E-state index in [9.17, 15) is 4.79 Å². The predicted octanol–water partition coefficient (Wildman–Crippen LogP) is 3.46. The fraction of sp³-hybridized carbons (Fsp3) is 0.391. The number of anilines is 1. The van der Waals surface area contributed by atoms with Crippen LogP contribution < -0.4 is 4.90 Å². The quantitative estimate of drug-likeness (QED) is 0.652. The lowest BCUT2D eigenvalue weighted by Gasteiger charge is -2.32. The molecule has 3 aromatic rings. The lowest BCUT2D eigenvalue weighted by atomic mass is 10.1. The molecule has 0 unspecified atom stereocenters.